The Morgan fingerprint density at radius 3 is 2.94 bits per heavy atom. The minimum atomic E-state index is -0.0346. The van der Waals surface area contributed by atoms with Crippen LogP contribution in [0, 0.1) is 0 Å². The molecule has 1 aliphatic heterocycles. The molecule has 0 amide bonds. The molecule has 2 rings (SSSR count). The fraction of sp³-hybridized carbons (Fsp3) is 0.417. The maximum atomic E-state index is 12.0. The van der Waals surface area contributed by atoms with Gasteiger partial charge < -0.3 is 14.8 Å². The minimum Gasteiger partial charge on any atom is -0.454 e. The lowest BCUT2D eigenvalue weighted by Crippen LogP contribution is -2.20. The van der Waals surface area contributed by atoms with Gasteiger partial charge in [0, 0.05) is 17.2 Å². The molecule has 0 atom stereocenters. The van der Waals surface area contributed by atoms with Gasteiger partial charge in [0.1, 0.15) is 0 Å². The van der Waals surface area contributed by atoms with Crippen molar-refractivity contribution in [1.82, 2.24) is 5.32 Å². The van der Waals surface area contributed by atoms with Crippen LogP contribution in [0.2, 0.25) is 5.02 Å². The van der Waals surface area contributed by atoms with Crippen molar-refractivity contribution < 1.29 is 14.3 Å². The van der Waals surface area contributed by atoms with Crippen molar-refractivity contribution in [3.8, 4) is 11.5 Å². The zero-order valence-corrected chi connectivity index (χ0v) is 10.6. The average molecular weight is 256 g/mol. The number of carbonyl (C=O) groups excluding carboxylic acids is 1. The Balaban J connectivity index is 2.54. The largest absolute Gasteiger partial charge is 0.454 e. The first-order valence-electron chi connectivity index (χ1n) is 5.47. The molecule has 1 heterocycles. The molecular weight excluding hydrogens is 242 g/mol. The fourth-order valence-electron chi connectivity index (χ4n) is 1.96. The van der Waals surface area contributed by atoms with Gasteiger partial charge in [0.25, 0.3) is 0 Å². The predicted molar refractivity (Wildman–Crippen MR) is 65.2 cm³/mol. The lowest BCUT2D eigenvalue weighted by molar-refractivity contribution is 0.0992. The molecule has 0 aromatic heterocycles. The van der Waals surface area contributed by atoms with E-state index in [0.717, 1.165) is 5.56 Å². The molecule has 0 fully saturated rings. The molecule has 1 aliphatic rings. The van der Waals surface area contributed by atoms with E-state index in [-0.39, 0.29) is 19.1 Å². The molecule has 0 aliphatic carbocycles. The first kappa shape index (κ1) is 12.2. The normalized spacial score (nSPS) is 12.9. The molecule has 0 spiro atoms. The molecule has 0 saturated heterocycles. The number of ether oxygens (including phenoxy) is 2. The van der Waals surface area contributed by atoms with Crippen LogP contribution < -0.4 is 14.8 Å². The van der Waals surface area contributed by atoms with Crippen molar-refractivity contribution in [3.05, 3.63) is 22.2 Å². The first-order chi connectivity index (χ1) is 8.19. The number of carbonyl (C=O) groups is 1. The second-order valence-corrected chi connectivity index (χ2v) is 4.16. The maximum absolute atomic E-state index is 12.0. The van der Waals surface area contributed by atoms with Crippen molar-refractivity contribution in [1.29, 1.82) is 0 Å². The molecule has 0 saturated carbocycles. The number of halogens is 1. The standard InChI is InChI=1S/C12H14ClNO3/c1-3-7-11(9(15)5-14-2)8(13)4-10-12(7)17-6-16-10/h4,14H,3,5-6H2,1-2H3. The van der Waals surface area contributed by atoms with E-state index in [4.69, 9.17) is 21.1 Å². The highest BCUT2D eigenvalue weighted by atomic mass is 35.5. The van der Waals surface area contributed by atoms with Gasteiger partial charge in [0.15, 0.2) is 17.3 Å². The van der Waals surface area contributed by atoms with E-state index in [1.165, 1.54) is 0 Å². The van der Waals surface area contributed by atoms with Crippen LogP contribution in [-0.2, 0) is 6.42 Å². The second-order valence-electron chi connectivity index (χ2n) is 3.75. The summed E-state index contributed by atoms with van der Waals surface area (Å²) in [7, 11) is 1.73. The number of hydrogen-bond donors (Lipinski definition) is 1. The second kappa shape index (κ2) is 4.94. The highest BCUT2D eigenvalue weighted by Crippen LogP contribution is 2.41. The molecule has 92 valence electrons. The minimum absolute atomic E-state index is 0.0346. The lowest BCUT2D eigenvalue weighted by atomic mass is 9.99. The van der Waals surface area contributed by atoms with Crippen molar-refractivity contribution in [3.63, 3.8) is 0 Å². The van der Waals surface area contributed by atoms with E-state index >= 15 is 0 Å². The van der Waals surface area contributed by atoms with Gasteiger partial charge in [0.2, 0.25) is 6.79 Å². The molecule has 0 bridgehead atoms. The Bertz CT molecular complexity index is 460. The number of benzene rings is 1. The number of likely N-dealkylation sites (N-methyl/N-ethyl adjacent to an activating group) is 1. The summed E-state index contributed by atoms with van der Waals surface area (Å²) in [6, 6.07) is 1.64. The smallest absolute Gasteiger partial charge is 0.231 e. The summed E-state index contributed by atoms with van der Waals surface area (Å²) in [5, 5.41) is 3.25. The Hall–Kier alpha value is -1.26. The summed E-state index contributed by atoms with van der Waals surface area (Å²) < 4.78 is 10.7. The number of ketones is 1. The van der Waals surface area contributed by atoms with Crippen LogP contribution >= 0.6 is 11.6 Å². The quantitative estimate of drug-likeness (QED) is 0.837. The molecule has 1 aromatic carbocycles. The van der Waals surface area contributed by atoms with Crippen molar-refractivity contribution in [2.75, 3.05) is 20.4 Å². The highest BCUT2D eigenvalue weighted by Gasteiger charge is 2.25. The molecule has 5 heteroatoms. The Morgan fingerprint density at radius 2 is 2.29 bits per heavy atom. The molecule has 0 unspecified atom stereocenters. The van der Waals surface area contributed by atoms with E-state index in [1.54, 1.807) is 13.1 Å². The number of fused-ring (bicyclic) bond motifs is 1. The zero-order valence-electron chi connectivity index (χ0n) is 9.80. The Morgan fingerprint density at radius 1 is 1.53 bits per heavy atom. The van der Waals surface area contributed by atoms with E-state index in [1.807, 2.05) is 6.92 Å². The molecule has 4 nitrogen and oxygen atoms in total. The zero-order chi connectivity index (χ0) is 12.4. The summed E-state index contributed by atoms with van der Waals surface area (Å²) in [5.41, 5.74) is 1.36. The summed E-state index contributed by atoms with van der Waals surface area (Å²) in [5.74, 6) is 1.23. The van der Waals surface area contributed by atoms with E-state index in [9.17, 15) is 4.79 Å². The van der Waals surface area contributed by atoms with Crippen LogP contribution in [0.5, 0.6) is 11.5 Å². The molecule has 1 aromatic rings. The average Bonchev–Trinajstić information content (AvgIpc) is 2.74. The van der Waals surface area contributed by atoms with Gasteiger partial charge in [-0.1, -0.05) is 18.5 Å². The highest BCUT2D eigenvalue weighted by molar-refractivity contribution is 6.34. The number of rotatable bonds is 4. The summed E-state index contributed by atoms with van der Waals surface area (Å²) in [6.07, 6.45) is 0.678. The molecular formula is C12H14ClNO3. The van der Waals surface area contributed by atoms with Crippen molar-refractivity contribution >= 4 is 17.4 Å². The summed E-state index contributed by atoms with van der Waals surface area (Å²) in [4.78, 5) is 12.0. The topological polar surface area (TPSA) is 47.6 Å². The van der Waals surface area contributed by atoms with Gasteiger partial charge in [0.05, 0.1) is 11.6 Å². The van der Waals surface area contributed by atoms with Crippen molar-refractivity contribution in [2.45, 2.75) is 13.3 Å². The van der Waals surface area contributed by atoms with Gasteiger partial charge in [-0.05, 0) is 13.5 Å². The molecule has 0 radical (unpaired) electrons. The van der Waals surface area contributed by atoms with Gasteiger partial charge in [-0.3, -0.25) is 4.79 Å². The molecule has 17 heavy (non-hydrogen) atoms. The lowest BCUT2D eigenvalue weighted by Gasteiger charge is -2.12. The monoisotopic (exact) mass is 255 g/mol. The van der Waals surface area contributed by atoms with Crippen molar-refractivity contribution in [2.24, 2.45) is 0 Å². The SMILES string of the molecule is CCc1c2c(cc(Cl)c1C(=O)CNC)OCO2. The third-order valence-corrected chi connectivity index (χ3v) is 2.98. The Kier molecular flexibility index (Phi) is 3.54. The third kappa shape index (κ3) is 2.10. The van der Waals surface area contributed by atoms with E-state index < -0.39 is 0 Å². The predicted octanol–water partition coefficient (Wildman–Crippen LogP) is 2.03. The summed E-state index contributed by atoms with van der Waals surface area (Å²) in [6.45, 7) is 2.40. The van der Waals surface area contributed by atoms with E-state index in [2.05, 4.69) is 5.32 Å². The first-order valence-corrected chi connectivity index (χ1v) is 5.85. The van der Waals surface area contributed by atoms with Crippen LogP contribution in [0.15, 0.2) is 6.07 Å². The number of hydrogen-bond acceptors (Lipinski definition) is 4. The van der Waals surface area contributed by atoms with Crippen LogP contribution in [0.25, 0.3) is 0 Å². The maximum Gasteiger partial charge on any atom is 0.231 e. The third-order valence-electron chi connectivity index (χ3n) is 2.68. The van der Waals surface area contributed by atoms with Crippen LogP contribution in [0.1, 0.15) is 22.8 Å². The van der Waals surface area contributed by atoms with E-state index in [0.29, 0.717) is 28.5 Å². The summed E-state index contributed by atoms with van der Waals surface area (Å²) >= 11 is 6.14. The number of nitrogens with one attached hydrogen (secondary N) is 1. The van der Waals surface area contributed by atoms with Gasteiger partial charge in [-0.25, -0.2) is 0 Å². The van der Waals surface area contributed by atoms with Crippen LogP contribution in [-0.4, -0.2) is 26.2 Å². The van der Waals surface area contributed by atoms with Crippen LogP contribution in [0.4, 0.5) is 0 Å². The number of Topliss-reactive ketones (excluding diaryl/α,β-unsaturated/α-hetero) is 1. The fourth-order valence-corrected chi connectivity index (χ4v) is 2.28. The van der Waals surface area contributed by atoms with Gasteiger partial charge in [-0.2, -0.15) is 0 Å². The van der Waals surface area contributed by atoms with Gasteiger partial charge >= 0.3 is 0 Å². The Labute approximate surface area is 105 Å². The van der Waals surface area contributed by atoms with Gasteiger partial charge in [-0.15, -0.1) is 0 Å². The van der Waals surface area contributed by atoms with Crippen LogP contribution in [0.3, 0.4) is 0 Å². The molecule has 1 N–H and O–H groups in total.